The standard InChI is InChI=1S/C80H151NO5/c1-3-5-7-9-11-13-15-17-19-21-23-24-34-37-40-44-48-52-56-60-64-68-72-78(83)77(76-82)81-79(84)73-69-65-61-57-53-49-45-41-38-35-32-30-28-26-25-27-29-31-33-36-39-43-47-51-55-59-63-67-71-75-86-80(85)74-70-66-62-58-54-50-46-42-22-20-18-16-14-12-10-8-6-4-2/h20,22,25,27,31,33,68,72,77-78,82-83H,3-19,21,23-24,26,28-30,32,34-67,69-71,73-76H2,1-2H3,(H,81,84)/b22-20-,27-25-,33-31-,72-68+. The third kappa shape index (κ3) is 70.9. The maximum atomic E-state index is 12.5. The van der Waals surface area contributed by atoms with Gasteiger partial charge in [-0.15, -0.1) is 0 Å². The van der Waals surface area contributed by atoms with E-state index < -0.39 is 12.1 Å². The summed E-state index contributed by atoms with van der Waals surface area (Å²) in [6.45, 7) is 4.94. The Labute approximate surface area is 537 Å². The predicted octanol–water partition coefficient (Wildman–Crippen LogP) is 25.6. The van der Waals surface area contributed by atoms with Crippen LogP contribution in [0.5, 0.6) is 0 Å². The summed E-state index contributed by atoms with van der Waals surface area (Å²) in [5.41, 5.74) is 0. The number of allylic oxidation sites excluding steroid dienone is 7. The molecule has 6 nitrogen and oxygen atoms in total. The quantitative estimate of drug-likeness (QED) is 0.0320. The molecule has 0 aliphatic heterocycles. The smallest absolute Gasteiger partial charge is 0.305 e. The third-order valence-electron chi connectivity index (χ3n) is 18.1. The van der Waals surface area contributed by atoms with Crippen LogP contribution in [0.25, 0.3) is 0 Å². The summed E-state index contributed by atoms with van der Waals surface area (Å²) in [4.78, 5) is 24.7. The summed E-state index contributed by atoms with van der Waals surface area (Å²) in [6.07, 6.45) is 99.3. The maximum Gasteiger partial charge on any atom is 0.305 e. The first kappa shape index (κ1) is 83.8. The van der Waals surface area contributed by atoms with E-state index in [2.05, 4.69) is 55.6 Å². The van der Waals surface area contributed by atoms with E-state index >= 15 is 0 Å². The first-order valence-electron chi connectivity index (χ1n) is 38.9. The average molecular weight is 1210 g/mol. The van der Waals surface area contributed by atoms with Crippen LogP contribution in [0.1, 0.15) is 425 Å². The van der Waals surface area contributed by atoms with Gasteiger partial charge < -0.3 is 20.3 Å². The molecule has 2 atom stereocenters. The van der Waals surface area contributed by atoms with Crippen LogP contribution in [0.2, 0.25) is 0 Å². The number of carbonyl (C=O) groups is 2. The van der Waals surface area contributed by atoms with Gasteiger partial charge in [-0.2, -0.15) is 0 Å². The molecule has 0 saturated heterocycles. The zero-order valence-corrected chi connectivity index (χ0v) is 58.1. The van der Waals surface area contributed by atoms with E-state index in [0.717, 1.165) is 51.4 Å². The summed E-state index contributed by atoms with van der Waals surface area (Å²) >= 11 is 0. The van der Waals surface area contributed by atoms with Crippen molar-refractivity contribution in [2.24, 2.45) is 0 Å². The molecule has 1 amide bonds. The van der Waals surface area contributed by atoms with Crippen molar-refractivity contribution < 1.29 is 24.5 Å². The topological polar surface area (TPSA) is 95.9 Å². The second kappa shape index (κ2) is 75.3. The second-order valence-electron chi connectivity index (χ2n) is 26.7. The molecule has 0 aromatic heterocycles. The fraction of sp³-hybridized carbons (Fsp3) is 0.875. The fourth-order valence-corrected chi connectivity index (χ4v) is 12.1. The van der Waals surface area contributed by atoms with Gasteiger partial charge in [0.1, 0.15) is 0 Å². The first-order chi connectivity index (χ1) is 42.5. The maximum absolute atomic E-state index is 12.5. The number of unbranched alkanes of at least 4 members (excludes halogenated alkanes) is 56. The van der Waals surface area contributed by atoms with E-state index in [4.69, 9.17) is 4.74 Å². The molecule has 0 spiro atoms. The van der Waals surface area contributed by atoms with Gasteiger partial charge in [0.2, 0.25) is 5.91 Å². The molecule has 0 aromatic carbocycles. The highest BCUT2D eigenvalue weighted by Crippen LogP contribution is 2.19. The molecule has 2 unspecified atom stereocenters. The van der Waals surface area contributed by atoms with Gasteiger partial charge in [0.05, 0.1) is 25.4 Å². The van der Waals surface area contributed by atoms with Crippen molar-refractivity contribution >= 4 is 11.9 Å². The molecule has 6 heteroatoms. The summed E-state index contributed by atoms with van der Waals surface area (Å²) in [5, 5.41) is 23.3. The average Bonchev–Trinajstić information content (AvgIpc) is 3.53. The number of esters is 1. The molecule has 506 valence electrons. The second-order valence-corrected chi connectivity index (χ2v) is 26.7. The SMILES string of the molecule is CCCCCCCCC/C=C\CCCCCCCCCC(=O)OCCCCCCCCCCC/C=C\C/C=C\CCCCCCCCCCCCCCCC(=O)NC(CO)C(O)/C=C/CCCCCCCCCCCCCCCCCCCCCC. The van der Waals surface area contributed by atoms with Crippen LogP contribution in [0.15, 0.2) is 48.6 Å². The van der Waals surface area contributed by atoms with E-state index in [9.17, 15) is 19.8 Å². The Morgan fingerprint density at radius 2 is 0.581 bits per heavy atom. The number of rotatable bonds is 73. The lowest BCUT2D eigenvalue weighted by atomic mass is 10.0. The molecular weight excluding hydrogens is 1050 g/mol. The van der Waals surface area contributed by atoms with E-state index in [-0.39, 0.29) is 18.5 Å². The van der Waals surface area contributed by atoms with Crippen LogP contribution in [0.3, 0.4) is 0 Å². The van der Waals surface area contributed by atoms with Crippen molar-refractivity contribution in [3.63, 3.8) is 0 Å². The molecule has 3 N–H and O–H groups in total. The van der Waals surface area contributed by atoms with Gasteiger partial charge in [0.15, 0.2) is 0 Å². The van der Waals surface area contributed by atoms with Crippen LogP contribution >= 0.6 is 0 Å². The zero-order chi connectivity index (χ0) is 62.0. The highest BCUT2D eigenvalue weighted by atomic mass is 16.5. The Balaban J connectivity index is 3.42. The Morgan fingerprint density at radius 1 is 0.326 bits per heavy atom. The molecular formula is C80H151NO5. The van der Waals surface area contributed by atoms with Crippen molar-refractivity contribution in [2.75, 3.05) is 13.2 Å². The van der Waals surface area contributed by atoms with E-state index in [1.807, 2.05) is 6.08 Å². The van der Waals surface area contributed by atoms with Gasteiger partial charge in [-0.25, -0.2) is 0 Å². The highest BCUT2D eigenvalue weighted by Gasteiger charge is 2.18. The van der Waals surface area contributed by atoms with E-state index in [0.29, 0.717) is 19.4 Å². The molecule has 0 bridgehead atoms. The number of aliphatic hydroxyl groups is 2. The lowest BCUT2D eigenvalue weighted by molar-refractivity contribution is -0.143. The van der Waals surface area contributed by atoms with Gasteiger partial charge in [-0.05, 0) is 89.9 Å². The lowest BCUT2D eigenvalue weighted by Crippen LogP contribution is -2.45. The first-order valence-corrected chi connectivity index (χ1v) is 38.9. The number of hydrogen-bond donors (Lipinski definition) is 3. The van der Waals surface area contributed by atoms with Crippen LogP contribution < -0.4 is 5.32 Å². The van der Waals surface area contributed by atoms with Crippen molar-refractivity contribution in [1.82, 2.24) is 5.32 Å². The number of amides is 1. The van der Waals surface area contributed by atoms with Crippen molar-refractivity contribution in [3.8, 4) is 0 Å². The van der Waals surface area contributed by atoms with E-state index in [1.165, 1.54) is 347 Å². The van der Waals surface area contributed by atoms with Gasteiger partial charge in [-0.1, -0.05) is 371 Å². The largest absolute Gasteiger partial charge is 0.466 e. The Morgan fingerprint density at radius 3 is 0.895 bits per heavy atom. The monoisotopic (exact) mass is 1210 g/mol. The van der Waals surface area contributed by atoms with Crippen LogP contribution in [0, 0.1) is 0 Å². The molecule has 86 heavy (non-hydrogen) atoms. The minimum Gasteiger partial charge on any atom is -0.466 e. The lowest BCUT2D eigenvalue weighted by Gasteiger charge is -2.20. The number of hydrogen-bond acceptors (Lipinski definition) is 5. The number of nitrogens with one attached hydrogen (secondary N) is 1. The molecule has 0 aliphatic rings. The molecule has 0 fully saturated rings. The van der Waals surface area contributed by atoms with Crippen LogP contribution in [0.4, 0.5) is 0 Å². The van der Waals surface area contributed by atoms with Crippen molar-refractivity contribution in [1.29, 1.82) is 0 Å². The zero-order valence-electron chi connectivity index (χ0n) is 58.1. The minimum absolute atomic E-state index is 0.00931. The summed E-state index contributed by atoms with van der Waals surface area (Å²) < 4.78 is 5.50. The van der Waals surface area contributed by atoms with Gasteiger partial charge in [0, 0.05) is 12.8 Å². The summed E-state index contributed by atoms with van der Waals surface area (Å²) in [6, 6.07) is -0.631. The number of ether oxygens (including phenoxy) is 1. The molecule has 0 saturated carbocycles. The van der Waals surface area contributed by atoms with Crippen molar-refractivity contribution in [2.45, 2.75) is 437 Å². The number of carbonyl (C=O) groups excluding carboxylic acids is 2. The highest BCUT2D eigenvalue weighted by molar-refractivity contribution is 5.76. The molecule has 0 aliphatic carbocycles. The summed E-state index contributed by atoms with van der Waals surface area (Å²) in [5.74, 6) is -0.0558. The van der Waals surface area contributed by atoms with Crippen LogP contribution in [-0.4, -0.2) is 47.4 Å². The number of aliphatic hydroxyl groups excluding tert-OH is 2. The molecule has 0 radical (unpaired) electrons. The van der Waals surface area contributed by atoms with Crippen molar-refractivity contribution in [3.05, 3.63) is 48.6 Å². The molecule has 0 rings (SSSR count). The minimum atomic E-state index is -0.847. The normalized spacial score (nSPS) is 12.7. The fourth-order valence-electron chi connectivity index (χ4n) is 12.1. The third-order valence-corrected chi connectivity index (χ3v) is 18.1. The predicted molar refractivity (Wildman–Crippen MR) is 379 cm³/mol. The van der Waals surface area contributed by atoms with Gasteiger partial charge in [0.25, 0.3) is 0 Å². The van der Waals surface area contributed by atoms with Gasteiger partial charge >= 0.3 is 5.97 Å². The Kier molecular flexibility index (Phi) is 73.4. The van der Waals surface area contributed by atoms with E-state index in [1.54, 1.807) is 6.08 Å². The van der Waals surface area contributed by atoms with Crippen LogP contribution in [-0.2, 0) is 14.3 Å². The summed E-state index contributed by atoms with van der Waals surface area (Å²) in [7, 11) is 0. The molecule has 0 aromatic rings. The Hall–Kier alpha value is -2.18. The molecule has 0 heterocycles. The van der Waals surface area contributed by atoms with Gasteiger partial charge in [-0.3, -0.25) is 9.59 Å². The Bertz CT molecular complexity index is 1440.